The lowest BCUT2D eigenvalue weighted by molar-refractivity contribution is 0.461. The Labute approximate surface area is 160 Å². The number of allylic oxidation sites excluding steroid dienone is 3. The Bertz CT molecular complexity index is 490. The third-order valence-electron chi connectivity index (χ3n) is 4.34. The van der Waals surface area contributed by atoms with Gasteiger partial charge in [-0.05, 0) is 67.8 Å². The molecule has 1 aliphatic heterocycles. The van der Waals surface area contributed by atoms with Crippen LogP contribution in [0, 0.1) is 11.3 Å². The summed E-state index contributed by atoms with van der Waals surface area (Å²) in [6.45, 7) is 12.7. The number of aromatic nitrogens is 1. The fraction of sp³-hybridized carbons (Fsp3) is 0.545. The van der Waals surface area contributed by atoms with Crippen molar-refractivity contribution in [3.05, 3.63) is 54.4 Å². The van der Waals surface area contributed by atoms with Crippen molar-refractivity contribution in [2.45, 2.75) is 52.4 Å². The molecule has 1 saturated heterocycles. The molecule has 0 radical (unpaired) electrons. The summed E-state index contributed by atoms with van der Waals surface area (Å²) in [4.78, 5) is 4.13. The Balaban J connectivity index is 0.000000439. The van der Waals surface area contributed by atoms with E-state index in [9.17, 15) is 0 Å². The predicted octanol–water partition coefficient (Wildman–Crippen LogP) is 4.70. The average Bonchev–Trinajstić information content (AvgIpc) is 2.73. The molecule has 4 N–H and O–H groups in total. The Kier molecular flexibility index (Phi) is 15.5. The topological polar surface area (TPSA) is 74.8 Å². The lowest BCUT2D eigenvalue weighted by Crippen LogP contribution is -2.28. The van der Waals surface area contributed by atoms with Crippen LogP contribution in [0.15, 0.2) is 48.8 Å². The van der Waals surface area contributed by atoms with Gasteiger partial charge in [-0.25, -0.2) is 0 Å². The minimum Gasteiger partial charge on any atom is -0.330 e. The van der Waals surface area contributed by atoms with Gasteiger partial charge in [-0.3, -0.25) is 4.98 Å². The number of nitrogens with zero attached hydrogens (tertiary/aromatic N) is 1. The van der Waals surface area contributed by atoms with E-state index in [1.54, 1.807) is 6.08 Å². The van der Waals surface area contributed by atoms with Crippen LogP contribution in [-0.2, 0) is 0 Å². The second-order valence-electron chi connectivity index (χ2n) is 6.21. The van der Waals surface area contributed by atoms with Gasteiger partial charge in [0.2, 0.25) is 0 Å². The summed E-state index contributed by atoms with van der Waals surface area (Å²) in [5.41, 5.74) is 7.80. The van der Waals surface area contributed by atoms with Gasteiger partial charge in [-0.15, -0.1) is 0 Å². The van der Waals surface area contributed by atoms with Gasteiger partial charge in [0.05, 0.1) is 0 Å². The fourth-order valence-electron chi connectivity index (χ4n) is 2.84. The van der Waals surface area contributed by atoms with Crippen molar-refractivity contribution in [2.24, 2.45) is 11.7 Å². The summed E-state index contributed by atoms with van der Waals surface area (Å²) in [6, 6.07) is 4.19. The van der Waals surface area contributed by atoms with E-state index >= 15 is 0 Å². The molecule has 0 aliphatic carbocycles. The van der Waals surface area contributed by atoms with Gasteiger partial charge in [-0.2, -0.15) is 0 Å². The van der Waals surface area contributed by atoms with Gasteiger partial charge in [-0.1, -0.05) is 45.6 Å². The van der Waals surface area contributed by atoms with Crippen LogP contribution in [0.2, 0.25) is 0 Å². The smallest absolute Gasteiger partial charge is 0.0303 e. The number of hydrogen-bond donors (Lipinski definition) is 3. The highest BCUT2D eigenvalue weighted by atomic mass is 14.9. The molecule has 1 fully saturated rings. The highest BCUT2D eigenvalue weighted by Crippen LogP contribution is 2.21. The summed E-state index contributed by atoms with van der Waals surface area (Å²) in [6.07, 6.45) is 13.5. The normalized spacial score (nSPS) is 17.7. The largest absolute Gasteiger partial charge is 0.330 e. The van der Waals surface area contributed by atoms with Gasteiger partial charge in [0.15, 0.2) is 0 Å². The lowest BCUT2D eigenvalue weighted by Gasteiger charge is -2.22. The lowest BCUT2D eigenvalue weighted by atomic mass is 9.93. The van der Waals surface area contributed by atoms with E-state index in [0.29, 0.717) is 11.8 Å². The molecule has 2 heterocycles. The van der Waals surface area contributed by atoms with Crippen LogP contribution in [0.3, 0.4) is 0 Å². The first-order valence-electron chi connectivity index (χ1n) is 9.86. The zero-order valence-corrected chi connectivity index (χ0v) is 16.9. The molecule has 2 unspecified atom stereocenters. The van der Waals surface area contributed by atoms with E-state index in [1.807, 2.05) is 38.4 Å². The molecule has 0 amide bonds. The van der Waals surface area contributed by atoms with E-state index < -0.39 is 0 Å². The minimum atomic E-state index is 0.420. The van der Waals surface area contributed by atoms with Gasteiger partial charge in [0.25, 0.3) is 0 Å². The molecule has 26 heavy (non-hydrogen) atoms. The summed E-state index contributed by atoms with van der Waals surface area (Å²) in [7, 11) is 0. The van der Waals surface area contributed by atoms with Crippen LogP contribution in [0.5, 0.6) is 0 Å². The van der Waals surface area contributed by atoms with Gasteiger partial charge in [0.1, 0.15) is 0 Å². The molecule has 1 aromatic heterocycles. The summed E-state index contributed by atoms with van der Waals surface area (Å²) in [5.74, 6) is 1.11. The second kappa shape index (κ2) is 16.7. The maximum absolute atomic E-state index is 7.16. The molecule has 0 bridgehead atoms. The summed E-state index contributed by atoms with van der Waals surface area (Å²) < 4.78 is 0. The number of nitrogens with two attached hydrogens (primary N) is 1. The van der Waals surface area contributed by atoms with E-state index in [2.05, 4.69) is 29.9 Å². The number of piperidine rings is 1. The zero-order chi connectivity index (χ0) is 19.6. The molecule has 2 rings (SSSR count). The molecule has 1 aliphatic rings. The molecular weight excluding hydrogens is 320 g/mol. The van der Waals surface area contributed by atoms with Crippen LogP contribution in [-0.4, -0.2) is 30.8 Å². The van der Waals surface area contributed by atoms with Gasteiger partial charge in [0, 0.05) is 25.2 Å². The van der Waals surface area contributed by atoms with Crippen LogP contribution < -0.4 is 11.1 Å². The second-order valence-corrected chi connectivity index (χ2v) is 6.21. The predicted molar refractivity (Wildman–Crippen MR) is 115 cm³/mol. The monoisotopic (exact) mass is 358 g/mol. The molecule has 4 heteroatoms. The van der Waals surface area contributed by atoms with E-state index in [-0.39, 0.29) is 0 Å². The first-order valence-corrected chi connectivity index (χ1v) is 9.86. The molecule has 0 aromatic carbocycles. The van der Waals surface area contributed by atoms with E-state index in [4.69, 9.17) is 11.1 Å². The number of hydrogen-bond acceptors (Lipinski definition) is 4. The third-order valence-corrected chi connectivity index (χ3v) is 4.34. The Morgan fingerprint density at radius 3 is 2.77 bits per heavy atom. The zero-order valence-electron chi connectivity index (χ0n) is 16.9. The van der Waals surface area contributed by atoms with Crippen molar-refractivity contribution in [2.75, 3.05) is 19.6 Å². The van der Waals surface area contributed by atoms with Crippen molar-refractivity contribution in [3.63, 3.8) is 0 Å². The number of nitrogens with one attached hydrogen (secondary N) is 2. The highest BCUT2D eigenvalue weighted by Gasteiger charge is 2.14. The maximum atomic E-state index is 7.16. The quantitative estimate of drug-likeness (QED) is 0.488. The number of rotatable bonds is 7. The summed E-state index contributed by atoms with van der Waals surface area (Å²) >= 11 is 0. The van der Waals surface area contributed by atoms with Crippen molar-refractivity contribution in [1.29, 1.82) is 5.41 Å². The molecular formula is C22H38N4. The van der Waals surface area contributed by atoms with E-state index in [0.717, 1.165) is 31.5 Å². The minimum absolute atomic E-state index is 0.420. The fourth-order valence-corrected chi connectivity index (χ4v) is 2.84. The standard InChI is InChI=1S/C10H14N2.C10H18N2.C2H6/c1-3-9(7-11-5-1)10-4-2-6-12-8-10;1-3-5-10(8-12)9(2)6-4-7-11;1-2/h1,3,5,7,10,12H,2,4,6,8H2;3,5,8-9,12H,1,4,6-7,11H2,2H3;1-2H3/b;10-5+,12-8?;. The van der Waals surface area contributed by atoms with Crippen molar-refractivity contribution < 1.29 is 0 Å². The van der Waals surface area contributed by atoms with Crippen LogP contribution in [0.4, 0.5) is 0 Å². The van der Waals surface area contributed by atoms with Crippen molar-refractivity contribution in [1.82, 2.24) is 10.3 Å². The van der Waals surface area contributed by atoms with Crippen LogP contribution >= 0.6 is 0 Å². The van der Waals surface area contributed by atoms with Crippen LogP contribution in [0.25, 0.3) is 0 Å². The average molecular weight is 359 g/mol. The molecule has 0 spiro atoms. The first-order chi connectivity index (χ1) is 12.7. The van der Waals surface area contributed by atoms with E-state index in [1.165, 1.54) is 31.2 Å². The Hall–Kier alpha value is -1.78. The Morgan fingerprint density at radius 2 is 2.27 bits per heavy atom. The Morgan fingerprint density at radius 1 is 1.50 bits per heavy atom. The SMILES string of the molecule is C=C/C=C(\C=N)C(C)CCCN.CC.c1cncc(C2CCCNC2)c1. The maximum Gasteiger partial charge on any atom is 0.0303 e. The summed E-state index contributed by atoms with van der Waals surface area (Å²) in [5, 5.41) is 10.6. The highest BCUT2D eigenvalue weighted by molar-refractivity contribution is 5.76. The van der Waals surface area contributed by atoms with Gasteiger partial charge < -0.3 is 16.5 Å². The van der Waals surface area contributed by atoms with Crippen molar-refractivity contribution >= 4 is 6.21 Å². The molecule has 1 aromatic rings. The molecule has 2 atom stereocenters. The third kappa shape index (κ3) is 10.3. The number of pyridine rings is 1. The molecule has 4 nitrogen and oxygen atoms in total. The first kappa shape index (κ1) is 24.2. The van der Waals surface area contributed by atoms with Gasteiger partial charge >= 0.3 is 0 Å². The molecule has 0 saturated carbocycles. The molecule has 146 valence electrons. The van der Waals surface area contributed by atoms with Crippen molar-refractivity contribution in [3.8, 4) is 0 Å². The van der Waals surface area contributed by atoms with Crippen LogP contribution in [0.1, 0.15) is 57.9 Å².